The molecule has 0 radical (unpaired) electrons. The summed E-state index contributed by atoms with van der Waals surface area (Å²) in [4.78, 5) is 11.4. The van der Waals surface area contributed by atoms with Crippen molar-refractivity contribution in [1.82, 2.24) is 4.57 Å². The number of halogens is 4. The summed E-state index contributed by atoms with van der Waals surface area (Å²) in [7, 11) is 0. The van der Waals surface area contributed by atoms with Gasteiger partial charge in [-0.3, -0.25) is 4.79 Å². The number of nitrogens with zero attached hydrogens (tertiary/aromatic N) is 1. The van der Waals surface area contributed by atoms with Crippen LogP contribution < -0.4 is 0 Å². The van der Waals surface area contributed by atoms with Crippen molar-refractivity contribution in [3.63, 3.8) is 0 Å². The number of allylic oxidation sites excluding steroid dienone is 1. The number of rotatable bonds is 2. The third kappa shape index (κ3) is 2.60. The van der Waals surface area contributed by atoms with Crippen LogP contribution in [-0.4, -0.2) is 21.6 Å². The number of carbonyl (C=O) groups excluding carboxylic acids is 1. The lowest BCUT2D eigenvalue weighted by Gasteiger charge is -2.20. The second kappa shape index (κ2) is 5.51. The van der Waals surface area contributed by atoms with Gasteiger partial charge in [-0.2, -0.15) is 13.2 Å². The molecule has 0 bridgehead atoms. The molecule has 0 aliphatic heterocycles. The number of aliphatic hydroxyl groups is 1. The summed E-state index contributed by atoms with van der Waals surface area (Å²) in [5.41, 5.74) is 1.48. The quantitative estimate of drug-likeness (QED) is 0.830. The maximum Gasteiger partial charge on any atom is 0.454 e. The van der Waals surface area contributed by atoms with Crippen molar-refractivity contribution in [1.29, 1.82) is 0 Å². The summed E-state index contributed by atoms with van der Waals surface area (Å²) in [6, 6.07) is 7.16. The van der Waals surface area contributed by atoms with Crippen molar-refractivity contribution in [2.75, 3.05) is 0 Å². The zero-order valence-electron chi connectivity index (χ0n) is 12.6. The SMILES string of the molecule is Cc1cc2c(n1-c1ccc(F)cc1)CCC(C(=O)C(F)(F)F)=C2O. The van der Waals surface area contributed by atoms with E-state index in [4.69, 9.17) is 0 Å². The summed E-state index contributed by atoms with van der Waals surface area (Å²) < 4.78 is 52.7. The van der Waals surface area contributed by atoms with Crippen LogP contribution in [0.1, 0.15) is 23.4 Å². The molecule has 0 fully saturated rings. The lowest BCUT2D eigenvalue weighted by molar-refractivity contribution is -0.166. The molecule has 1 heterocycles. The first-order chi connectivity index (χ1) is 11.2. The Kier molecular flexibility index (Phi) is 3.74. The number of hydrogen-bond donors (Lipinski definition) is 1. The average Bonchev–Trinajstić information content (AvgIpc) is 2.84. The Morgan fingerprint density at radius 1 is 1.17 bits per heavy atom. The molecule has 0 unspecified atom stereocenters. The molecule has 0 saturated heterocycles. The van der Waals surface area contributed by atoms with Crippen molar-refractivity contribution in [3.8, 4) is 5.69 Å². The molecule has 7 heteroatoms. The minimum atomic E-state index is -5.02. The van der Waals surface area contributed by atoms with Gasteiger partial charge in [-0.25, -0.2) is 4.39 Å². The van der Waals surface area contributed by atoms with Crippen molar-refractivity contribution in [3.05, 3.63) is 58.7 Å². The normalized spacial score (nSPS) is 14.7. The fourth-order valence-corrected chi connectivity index (χ4v) is 3.01. The third-order valence-corrected chi connectivity index (χ3v) is 4.06. The van der Waals surface area contributed by atoms with E-state index in [0.29, 0.717) is 17.1 Å². The number of Topliss-reactive ketones (excluding diaryl/α,β-unsaturated/α-hetero) is 1. The van der Waals surface area contributed by atoms with Gasteiger partial charge in [-0.15, -0.1) is 0 Å². The van der Waals surface area contributed by atoms with E-state index in [9.17, 15) is 27.5 Å². The van der Waals surface area contributed by atoms with Crippen LogP contribution in [0.5, 0.6) is 0 Å². The maximum atomic E-state index is 13.1. The molecule has 2 aromatic rings. The van der Waals surface area contributed by atoms with E-state index in [-0.39, 0.29) is 18.4 Å². The Morgan fingerprint density at radius 3 is 2.38 bits per heavy atom. The van der Waals surface area contributed by atoms with Gasteiger partial charge in [0.1, 0.15) is 11.6 Å². The number of benzene rings is 1. The number of aryl methyl sites for hydroxylation is 1. The molecule has 126 valence electrons. The first-order valence-corrected chi connectivity index (χ1v) is 7.21. The van der Waals surface area contributed by atoms with Crippen molar-refractivity contribution >= 4 is 11.5 Å². The molecule has 24 heavy (non-hydrogen) atoms. The third-order valence-electron chi connectivity index (χ3n) is 4.06. The average molecular weight is 339 g/mol. The zero-order valence-corrected chi connectivity index (χ0v) is 12.6. The molecule has 0 saturated carbocycles. The minimum absolute atomic E-state index is 0.168. The van der Waals surface area contributed by atoms with Crippen LogP contribution in [-0.2, 0) is 11.2 Å². The molecule has 3 nitrogen and oxygen atoms in total. The molecule has 0 amide bonds. The van der Waals surface area contributed by atoms with Crippen LogP contribution in [0.15, 0.2) is 35.9 Å². The van der Waals surface area contributed by atoms with Gasteiger partial charge < -0.3 is 9.67 Å². The van der Waals surface area contributed by atoms with E-state index in [1.54, 1.807) is 23.6 Å². The van der Waals surface area contributed by atoms with Gasteiger partial charge in [-0.1, -0.05) is 0 Å². The predicted molar refractivity (Wildman–Crippen MR) is 79.4 cm³/mol. The lowest BCUT2D eigenvalue weighted by atomic mass is 9.92. The van der Waals surface area contributed by atoms with E-state index >= 15 is 0 Å². The van der Waals surface area contributed by atoms with Crippen LogP contribution in [0, 0.1) is 12.7 Å². The van der Waals surface area contributed by atoms with E-state index in [0.717, 1.165) is 0 Å². The Balaban J connectivity index is 2.12. The van der Waals surface area contributed by atoms with Crippen LogP contribution in [0.25, 0.3) is 11.4 Å². The fourth-order valence-electron chi connectivity index (χ4n) is 3.01. The lowest BCUT2D eigenvalue weighted by Crippen LogP contribution is -2.27. The number of hydrogen-bond acceptors (Lipinski definition) is 2. The van der Waals surface area contributed by atoms with Gasteiger partial charge in [0.2, 0.25) is 0 Å². The molecule has 0 spiro atoms. The first-order valence-electron chi connectivity index (χ1n) is 7.21. The van der Waals surface area contributed by atoms with Gasteiger partial charge in [0, 0.05) is 28.2 Å². The summed E-state index contributed by atoms with van der Waals surface area (Å²) >= 11 is 0. The number of ketones is 1. The summed E-state index contributed by atoms with van der Waals surface area (Å²) in [5, 5.41) is 10.2. The highest BCUT2D eigenvalue weighted by Crippen LogP contribution is 2.36. The smallest absolute Gasteiger partial charge is 0.454 e. The fraction of sp³-hybridized carbons (Fsp3) is 0.235. The van der Waals surface area contributed by atoms with Crippen molar-refractivity contribution < 1.29 is 27.5 Å². The molecular formula is C17H13F4NO2. The predicted octanol–water partition coefficient (Wildman–Crippen LogP) is 4.27. The van der Waals surface area contributed by atoms with E-state index in [1.165, 1.54) is 18.2 Å². The standard InChI is InChI=1S/C17H13F4NO2/c1-9-8-13-14(22(9)11-4-2-10(18)3-5-11)7-6-12(15(13)23)16(24)17(19,20)21/h2-5,8,23H,6-7H2,1H3. The van der Waals surface area contributed by atoms with E-state index in [2.05, 4.69) is 0 Å². The number of aliphatic hydroxyl groups excluding tert-OH is 1. The molecule has 1 N–H and O–H groups in total. The molecular weight excluding hydrogens is 326 g/mol. The second-order valence-corrected chi connectivity index (χ2v) is 5.61. The van der Waals surface area contributed by atoms with Gasteiger partial charge in [-0.05, 0) is 50.1 Å². The highest BCUT2D eigenvalue weighted by molar-refractivity contribution is 6.05. The number of aromatic nitrogens is 1. The summed E-state index contributed by atoms with van der Waals surface area (Å²) in [6.45, 7) is 1.72. The van der Waals surface area contributed by atoms with Crippen LogP contribution in [0.3, 0.4) is 0 Å². The van der Waals surface area contributed by atoms with Gasteiger partial charge in [0.25, 0.3) is 5.78 Å². The topological polar surface area (TPSA) is 42.2 Å². The molecule has 0 atom stereocenters. The summed E-state index contributed by atoms with van der Waals surface area (Å²) in [5.74, 6) is -3.06. The monoisotopic (exact) mass is 339 g/mol. The number of alkyl halides is 3. The molecule has 3 rings (SSSR count). The van der Waals surface area contributed by atoms with Gasteiger partial charge in [0.05, 0.1) is 0 Å². The second-order valence-electron chi connectivity index (χ2n) is 5.61. The molecule has 1 aliphatic carbocycles. The Bertz CT molecular complexity index is 845. The zero-order chi connectivity index (χ0) is 17.6. The van der Waals surface area contributed by atoms with E-state index in [1.807, 2.05) is 0 Å². The van der Waals surface area contributed by atoms with Crippen molar-refractivity contribution in [2.45, 2.75) is 25.9 Å². The first kappa shape index (κ1) is 16.3. The number of carbonyl (C=O) groups is 1. The maximum absolute atomic E-state index is 13.1. The van der Waals surface area contributed by atoms with Crippen molar-refractivity contribution in [2.24, 2.45) is 0 Å². The Hall–Kier alpha value is -2.57. The van der Waals surface area contributed by atoms with Crippen LogP contribution >= 0.6 is 0 Å². The van der Waals surface area contributed by atoms with Gasteiger partial charge >= 0.3 is 6.18 Å². The summed E-state index contributed by atoms with van der Waals surface area (Å²) in [6.07, 6.45) is -5.06. The molecule has 1 aromatic heterocycles. The van der Waals surface area contributed by atoms with Crippen LogP contribution in [0.2, 0.25) is 0 Å². The minimum Gasteiger partial charge on any atom is -0.507 e. The largest absolute Gasteiger partial charge is 0.507 e. The van der Waals surface area contributed by atoms with Crippen LogP contribution in [0.4, 0.5) is 17.6 Å². The van der Waals surface area contributed by atoms with Gasteiger partial charge in [0.15, 0.2) is 0 Å². The highest BCUT2D eigenvalue weighted by Gasteiger charge is 2.43. The number of fused-ring (bicyclic) bond motifs is 1. The Labute approximate surface area is 134 Å². The highest BCUT2D eigenvalue weighted by atomic mass is 19.4. The Morgan fingerprint density at radius 2 is 1.79 bits per heavy atom. The van der Waals surface area contributed by atoms with E-state index < -0.39 is 29.1 Å². The molecule has 1 aromatic carbocycles. The molecule has 1 aliphatic rings.